The summed E-state index contributed by atoms with van der Waals surface area (Å²) >= 11 is 4.19. The van der Waals surface area contributed by atoms with Gasteiger partial charge in [0.1, 0.15) is 0 Å². The second-order valence-electron chi connectivity index (χ2n) is 2.52. The van der Waals surface area contributed by atoms with Gasteiger partial charge in [-0.1, -0.05) is 0 Å². The SMILES string of the molecule is [Br][Al+][CH]1CCCCC1.[H-]. The zero-order valence-corrected chi connectivity index (χ0v) is 7.81. The van der Waals surface area contributed by atoms with Crippen LogP contribution in [0.4, 0.5) is 0 Å². The summed E-state index contributed by atoms with van der Waals surface area (Å²) in [6.45, 7) is 0. The van der Waals surface area contributed by atoms with E-state index in [1.807, 2.05) is 0 Å². The van der Waals surface area contributed by atoms with Gasteiger partial charge in [0, 0.05) is 0 Å². The first kappa shape index (κ1) is 7.12. The Balaban J connectivity index is 0.000000640. The van der Waals surface area contributed by atoms with Crippen LogP contribution in [0.15, 0.2) is 0 Å². The topological polar surface area (TPSA) is 0 Å². The predicted molar refractivity (Wildman–Crippen MR) is 42.6 cm³/mol. The van der Waals surface area contributed by atoms with Crippen molar-refractivity contribution < 1.29 is 1.43 Å². The van der Waals surface area contributed by atoms with Crippen LogP contribution in [0.25, 0.3) is 0 Å². The fraction of sp³-hybridized carbons (Fsp3) is 1.00. The normalized spacial score (nSPS) is 22.6. The molecular weight excluding hydrogens is 179 g/mol. The van der Waals surface area contributed by atoms with Crippen LogP contribution < -0.4 is 0 Å². The van der Waals surface area contributed by atoms with Crippen molar-refractivity contribution in [2.45, 2.75) is 36.9 Å². The second-order valence-corrected chi connectivity index (χ2v) is 5.30. The largest absolute Gasteiger partial charge is 1.00 e. The van der Waals surface area contributed by atoms with Crippen LogP contribution in [-0.2, 0) is 0 Å². The molecule has 0 aromatic carbocycles. The summed E-state index contributed by atoms with van der Waals surface area (Å²) in [7, 11) is 0. The predicted octanol–water partition coefficient (Wildman–Crippen LogP) is 2.87. The molecular formula is C6H12AlBr. The van der Waals surface area contributed by atoms with Crippen molar-refractivity contribution in [1.82, 2.24) is 0 Å². The fourth-order valence-electron chi connectivity index (χ4n) is 1.26. The molecule has 1 aliphatic carbocycles. The summed E-state index contributed by atoms with van der Waals surface area (Å²) in [5.74, 6) is 0. The molecule has 0 nitrogen and oxygen atoms in total. The number of hydrogen-bond donors (Lipinski definition) is 0. The zero-order chi connectivity index (χ0) is 5.82. The van der Waals surface area contributed by atoms with Gasteiger partial charge in [-0.25, -0.2) is 0 Å². The average molecular weight is 191 g/mol. The van der Waals surface area contributed by atoms with E-state index in [0.29, 0.717) is 13.4 Å². The maximum atomic E-state index is 3.59. The van der Waals surface area contributed by atoms with Gasteiger partial charge < -0.3 is 1.43 Å². The van der Waals surface area contributed by atoms with E-state index in [2.05, 4.69) is 14.1 Å². The monoisotopic (exact) mass is 190 g/mol. The molecule has 2 heteroatoms. The smallest absolute Gasteiger partial charge is 1.00 e. The van der Waals surface area contributed by atoms with Crippen molar-refractivity contribution in [2.75, 3.05) is 0 Å². The fourth-order valence-corrected chi connectivity index (χ4v) is 3.57. The molecule has 1 aliphatic rings. The molecule has 8 heavy (non-hydrogen) atoms. The maximum absolute atomic E-state index is 3.59. The minimum absolute atomic E-state index is 0. The van der Waals surface area contributed by atoms with E-state index in [-0.39, 0.29) is 1.43 Å². The first-order valence-corrected chi connectivity index (χ1v) is 7.22. The van der Waals surface area contributed by atoms with Gasteiger partial charge >= 0.3 is 64.3 Å². The molecule has 0 amide bonds. The van der Waals surface area contributed by atoms with E-state index in [1.165, 1.54) is 32.1 Å². The van der Waals surface area contributed by atoms with Crippen molar-refractivity contribution in [1.29, 1.82) is 0 Å². The summed E-state index contributed by atoms with van der Waals surface area (Å²) in [4.78, 5) is 0. The molecule has 0 aromatic rings. The first-order chi connectivity index (χ1) is 3.93. The summed E-state index contributed by atoms with van der Waals surface area (Å²) in [6.07, 6.45) is 7.47. The Morgan fingerprint density at radius 1 is 1.25 bits per heavy atom. The Bertz CT molecular complexity index is 64.1. The molecule has 0 saturated heterocycles. The van der Waals surface area contributed by atoms with E-state index >= 15 is 0 Å². The summed E-state index contributed by atoms with van der Waals surface area (Å²) < 4.78 is 1.09. The zero-order valence-electron chi connectivity index (χ0n) is 6.07. The van der Waals surface area contributed by atoms with Gasteiger partial charge in [-0.2, -0.15) is 0 Å². The molecule has 1 fully saturated rings. The molecule has 0 bridgehead atoms. The molecule has 0 aromatic heterocycles. The summed E-state index contributed by atoms with van der Waals surface area (Å²) in [5, 5.41) is 0. The third-order valence-electron chi connectivity index (χ3n) is 1.83. The van der Waals surface area contributed by atoms with E-state index in [1.54, 1.807) is 0 Å². The molecule has 1 saturated carbocycles. The van der Waals surface area contributed by atoms with Crippen LogP contribution in [0.1, 0.15) is 33.5 Å². The van der Waals surface area contributed by atoms with Gasteiger partial charge in [-0.3, -0.25) is 0 Å². The number of halogens is 1. The summed E-state index contributed by atoms with van der Waals surface area (Å²) in [6, 6.07) is 0. The van der Waals surface area contributed by atoms with E-state index < -0.39 is 0 Å². The van der Waals surface area contributed by atoms with Crippen molar-refractivity contribution in [3.63, 3.8) is 0 Å². The third-order valence-corrected chi connectivity index (χ3v) is 5.09. The minimum Gasteiger partial charge on any atom is -1.00 e. The minimum atomic E-state index is 0. The third kappa shape index (κ3) is 2.09. The van der Waals surface area contributed by atoms with Crippen LogP contribution in [0, 0.1) is 0 Å². The molecule has 0 aliphatic heterocycles. The molecule has 0 radical (unpaired) electrons. The molecule has 46 valence electrons. The molecule has 0 heterocycles. The van der Waals surface area contributed by atoms with Crippen LogP contribution in [-0.4, -0.2) is 13.4 Å². The van der Waals surface area contributed by atoms with Crippen molar-refractivity contribution in [3.8, 4) is 0 Å². The Morgan fingerprint density at radius 3 is 2.25 bits per heavy atom. The summed E-state index contributed by atoms with van der Waals surface area (Å²) in [5.41, 5.74) is 0. The first-order valence-electron chi connectivity index (χ1n) is 3.37. The average Bonchev–Trinajstić information content (AvgIpc) is 1.90. The van der Waals surface area contributed by atoms with Gasteiger partial charge in [-0.15, -0.1) is 0 Å². The van der Waals surface area contributed by atoms with Gasteiger partial charge in [-0.05, 0) is 0 Å². The molecule has 0 atom stereocenters. The van der Waals surface area contributed by atoms with E-state index in [4.69, 9.17) is 0 Å². The number of rotatable bonds is 1. The van der Waals surface area contributed by atoms with Crippen molar-refractivity contribution >= 4 is 27.4 Å². The Kier molecular flexibility index (Phi) is 3.50. The molecule has 0 N–H and O–H groups in total. The Hall–Kier alpha value is 1.01. The van der Waals surface area contributed by atoms with Crippen LogP contribution >= 0.6 is 14.1 Å². The van der Waals surface area contributed by atoms with Gasteiger partial charge in [0.2, 0.25) is 0 Å². The van der Waals surface area contributed by atoms with Gasteiger partial charge in [0.15, 0.2) is 0 Å². The van der Waals surface area contributed by atoms with Crippen molar-refractivity contribution in [3.05, 3.63) is 0 Å². The van der Waals surface area contributed by atoms with E-state index in [9.17, 15) is 0 Å². The van der Waals surface area contributed by atoms with Crippen LogP contribution in [0.5, 0.6) is 0 Å². The second kappa shape index (κ2) is 3.93. The van der Waals surface area contributed by atoms with Crippen molar-refractivity contribution in [2.24, 2.45) is 0 Å². The Labute approximate surface area is 65.9 Å². The maximum Gasteiger partial charge on any atom is -1.00 e. The Morgan fingerprint density at radius 2 is 1.88 bits per heavy atom. The quantitative estimate of drug-likeness (QED) is 0.559. The molecule has 0 unspecified atom stereocenters. The molecule has 1 rings (SSSR count). The number of hydrogen-bond acceptors (Lipinski definition) is 0. The van der Waals surface area contributed by atoms with Crippen LogP contribution in [0.2, 0.25) is 4.78 Å². The standard InChI is InChI=1S/C6H11.Al.BrH.H/c1-2-4-6-5-3-1;;;/h1H,2-6H2;;1H;/q;+2;;-1/p-1. The van der Waals surface area contributed by atoms with Gasteiger partial charge in [0.05, 0.1) is 0 Å². The van der Waals surface area contributed by atoms with Crippen LogP contribution in [0.3, 0.4) is 0 Å². The molecule has 0 spiro atoms. The van der Waals surface area contributed by atoms with E-state index in [0.717, 1.165) is 4.78 Å². The van der Waals surface area contributed by atoms with Gasteiger partial charge in [0.25, 0.3) is 0 Å².